The van der Waals surface area contributed by atoms with Crippen LogP contribution in [0.3, 0.4) is 0 Å². The predicted molar refractivity (Wildman–Crippen MR) is 176 cm³/mol. The Kier molecular flexibility index (Phi) is 6.08. The molecule has 0 atom stereocenters. The topological polar surface area (TPSA) is 43.6 Å². The van der Waals surface area contributed by atoms with Crippen LogP contribution in [0.1, 0.15) is 0 Å². The van der Waals surface area contributed by atoms with Gasteiger partial charge >= 0.3 is 0 Å². The van der Waals surface area contributed by atoms with Crippen molar-refractivity contribution in [3.8, 4) is 51.0 Å². The van der Waals surface area contributed by atoms with E-state index in [9.17, 15) is 0 Å². The lowest BCUT2D eigenvalue weighted by Crippen LogP contribution is -2.06. The highest BCUT2D eigenvalue weighted by Crippen LogP contribution is 2.38. The molecule has 0 amide bonds. The first kappa shape index (κ1) is 24.9. The fourth-order valence-electron chi connectivity index (χ4n) is 5.83. The molecule has 202 valence electrons. The average Bonchev–Trinajstić information content (AvgIpc) is 3.44. The number of hydrogen-bond acceptors (Lipinski definition) is 3. The predicted octanol–water partition coefficient (Wildman–Crippen LogP) is 9.64. The van der Waals surface area contributed by atoms with Crippen LogP contribution < -0.4 is 0 Å². The fourth-order valence-corrected chi connectivity index (χ4v) is 5.83. The third kappa shape index (κ3) is 4.46. The summed E-state index contributed by atoms with van der Waals surface area (Å²) in [6, 6.07) is 54.5. The van der Waals surface area contributed by atoms with Crippen LogP contribution in [0.25, 0.3) is 72.8 Å². The van der Waals surface area contributed by atoms with E-state index in [0.29, 0.717) is 17.6 Å². The lowest BCUT2D eigenvalue weighted by molar-refractivity contribution is 0.954. The molecule has 0 saturated heterocycles. The van der Waals surface area contributed by atoms with Crippen molar-refractivity contribution < 1.29 is 0 Å². The molecule has 8 rings (SSSR count). The Labute approximate surface area is 249 Å². The van der Waals surface area contributed by atoms with E-state index in [-0.39, 0.29) is 0 Å². The van der Waals surface area contributed by atoms with Gasteiger partial charge in [0.15, 0.2) is 11.6 Å². The minimum absolute atomic E-state index is 0.590. The van der Waals surface area contributed by atoms with Gasteiger partial charge < -0.3 is 0 Å². The van der Waals surface area contributed by atoms with E-state index in [1.54, 1.807) is 0 Å². The van der Waals surface area contributed by atoms with Crippen LogP contribution >= 0.6 is 0 Å². The molecule has 0 aliphatic carbocycles. The second kappa shape index (κ2) is 10.5. The van der Waals surface area contributed by atoms with Crippen molar-refractivity contribution in [1.29, 1.82) is 0 Å². The number of aromatic nitrogens is 4. The van der Waals surface area contributed by atoms with Crippen molar-refractivity contribution in [1.82, 2.24) is 19.5 Å². The molecule has 43 heavy (non-hydrogen) atoms. The minimum atomic E-state index is 0.590. The van der Waals surface area contributed by atoms with Gasteiger partial charge in [-0.2, -0.15) is 9.97 Å². The zero-order chi connectivity index (χ0) is 28.6. The van der Waals surface area contributed by atoms with E-state index in [1.807, 2.05) is 66.7 Å². The summed E-state index contributed by atoms with van der Waals surface area (Å²) in [5.41, 5.74) is 8.66. The third-order valence-electron chi connectivity index (χ3n) is 7.89. The number of benzene rings is 6. The van der Waals surface area contributed by atoms with Crippen LogP contribution in [0.15, 0.2) is 158 Å². The smallest absolute Gasteiger partial charge is 0.238 e. The molecule has 0 unspecified atom stereocenters. The highest BCUT2D eigenvalue weighted by atomic mass is 15.2. The normalized spacial score (nSPS) is 11.3. The Morgan fingerprint density at radius 2 is 0.837 bits per heavy atom. The first-order valence-electron chi connectivity index (χ1n) is 14.4. The summed E-state index contributed by atoms with van der Waals surface area (Å²) < 4.78 is 2.20. The van der Waals surface area contributed by atoms with Crippen molar-refractivity contribution in [2.75, 3.05) is 0 Å². The maximum absolute atomic E-state index is 5.10. The van der Waals surface area contributed by atoms with Crippen molar-refractivity contribution in [3.63, 3.8) is 0 Å². The summed E-state index contributed by atoms with van der Waals surface area (Å²) in [6.45, 7) is 0. The molecule has 4 nitrogen and oxygen atoms in total. The minimum Gasteiger partial charge on any atom is -0.277 e. The van der Waals surface area contributed by atoms with E-state index in [4.69, 9.17) is 15.0 Å². The van der Waals surface area contributed by atoms with Gasteiger partial charge in [-0.1, -0.05) is 152 Å². The van der Waals surface area contributed by atoms with Crippen LogP contribution in [-0.4, -0.2) is 19.5 Å². The summed E-state index contributed by atoms with van der Waals surface area (Å²) in [6.07, 6.45) is 0. The lowest BCUT2D eigenvalue weighted by Gasteiger charge is -2.13. The van der Waals surface area contributed by atoms with Gasteiger partial charge in [-0.3, -0.25) is 4.57 Å². The number of fused-ring (bicyclic) bond motifs is 3. The first-order chi connectivity index (χ1) is 21.3. The van der Waals surface area contributed by atoms with Gasteiger partial charge in [0.2, 0.25) is 5.95 Å². The summed E-state index contributed by atoms with van der Waals surface area (Å²) in [5, 5.41) is 2.31. The molecule has 2 aromatic heterocycles. The Morgan fingerprint density at radius 1 is 0.349 bits per heavy atom. The van der Waals surface area contributed by atoms with Gasteiger partial charge in [0.1, 0.15) is 0 Å². The summed E-state index contributed by atoms with van der Waals surface area (Å²) >= 11 is 0. The first-order valence-corrected chi connectivity index (χ1v) is 14.4. The van der Waals surface area contributed by atoms with E-state index in [1.165, 1.54) is 11.1 Å². The molecule has 0 saturated carbocycles. The molecule has 4 heteroatoms. The van der Waals surface area contributed by atoms with Gasteiger partial charge in [-0.15, -0.1) is 0 Å². The molecule has 0 radical (unpaired) electrons. The second-order valence-corrected chi connectivity index (χ2v) is 10.5. The standard InChI is InChI=1S/C39H26N4/c1-4-13-27(14-5-1)28-23-25-29(26-24-28)32-20-12-21-34-33-19-10-11-22-35(33)43(36(32)34)39-41-37(30-15-6-2-7-16-30)40-38(42-39)31-17-8-3-9-18-31/h1-26H. The molecule has 0 aliphatic heterocycles. The number of hydrogen-bond donors (Lipinski definition) is 0. The van der Waals surface area contributed by atoms with E-state index >= 15 is 0 Å². The number of para-hydroxylation sites is 2. The number of rotatable bonds is 5. The largest absolute Gasteiger partial charge is 0.277 e. The van der Waals surface area contributed by atoms with Crippen molar-refractivity contribution >= 4 is 21.8 Å². The molecule has 0 spiro atoms. The zero-order valence-electron chi connectivity index (χ0n) is 23.3. The van der Waals surface area contributed by atoms with Crippen LogP contribution in [0, 0.1) is 0 Å². The van der Waals surface area contributed by atoms with Crippen LogP contribution in [0.4, 0.5) is 0 Å². The Bertz CT molecular complexity index is 2150. The molecule has 8 aromatic rings. The van der Waals surface area contributed by atoms with Gasteiger partial charge in [0.25, 0.3) is 0 Å². The molecular formula is C39H26N4. The maximum atomic E-state index is 5.10. The van der Waals surface area contributed by atoms with E-state index in [2.05, 4.69) is 95.6 Å². The Morgan fingerprint density at radius 3 is 1.47 bits per heavy atom. The second-order valence-electron chi connectivity index (χ2n) is 10.5. The highest BCUT2D eigenvalue weighted by Gasteiger charge is 2.20. The van der Waals surface area contributed by atoms with Crippen LogP contribution in [0.2, 0.25) is 0 Å². The SMILES string of the molecule is c1ccc(-c2ccc(-c3cccc4c5ccccc5n(-c5nc(-c6ccccc6)nc(-c6ccccc6)n5)c34)cc2)cc1. The van der Waals surface area contributed by atoms with Gasteiger partial charge in [0, 0.05) is 27.5 Å². The van der Waals surface area contributed by atoms with E-state index in [0.717, 1.165) is 44.1 Å². The van der Waals surface area contributed by atoms with Crippen molar-refractivity contribution in [2.24, 2.45) is 0 Å². The Hall–Kier alpha value is -5.87. The summed E-state index contributed by atoms with van der Waals surface area (Å²) in [5.74, 6) is 1.87. The molecule has 0 N–H and O–H groups in total. The number of nitrogens with zero attached hydrogens (tertiary/aromatic N) is 4. The van der Waals surface area contributed by atoms with Crippen LogP contribution in [0.5, 0.6) is 0 Å². The summed E-state index contributed by atoms with van der Waals surface area (Å²) in [4.78, 5) is 15.1. The zero-order valence-corrected chi connectivity index (χ0v) is 23.3. The van der Waals surface area contributed by atoms with Crippen molar-refractivity contribution in [3.05, 3.63) is 158 Å². The molecule has 0 fully saturated rings. The van der Waals surface area contributed by atoms with Crippen LogP contribution in [-0.2, 0) is 0 Å². The molecule has 2 heterocycles. The van der Waals surface area contributed by atoms with Gasteiger partial charge in [-0.05, 0) is 22.8 Å². The average molecular weight is 551 g/mol. The van der Waals surface area contributed by atoms with Crippen molar-refractivity contribution in [2.45, 2.75) is 0 Å². The van der Waals surface area contributed by atoms with E-state index < -0.39 is 0 Å². The highest BCUT2D eigenvalue weighted by molar-refractivity contribution is 6.13. The molecule has 0 aliphatic rings. The fraction of sp³-hybridized carbons (Fsp3) is 0. The third-order valence-corrected chi connectivity index (χ3v) is 7.89. The summed E-state index contributed by atoms with van der Waals surface area (Å²) in [7, 11) is 0. The molecule has 0 bridgehead atoms. The van der Waals surface area contributed by atoms with Gasteiger partial charge in [-0.25, -0.2) is 4.98 Å². The Balaban J connectivity index is 1.40. The molecule has 6 aromatic carbocycles. The van der Waals surface area contributed by atoms with Gasteiger partial charge in [0.05, 0.1) is 11.0 Å². The quantitative estimate of drug-likeness (QED) is 0.214. The molecular weight excluding hydrogens is 524 g/mol. The maximum Gasteiger partial charge on any atom is 0.238 e. The monoisotopic (exact) mass is 550 g/mol. The lowest BCUT2D eigenvalue weighted by atomic mass is 9.98.